The molecular weight excluding hydrogens is 272 g/mol. The van der Waals surface area contributed by atoms with Gasteiger partial charge in [-0.3, -0.25) is 4.68 Å². The van der Waals surface area contributed by atoms with Gasteiger partial charge in [0.15, 0.2) is 0 Å². The lowest BCUT2D eigenvalue weighted by molar-refractivity contribution is 0.0697. The minimum absolute atomic E-state index is 0.213. The first-order valence-electron chi connectivity index (χ1n) is 4.61. The molecule has 4 nitrogen and oxygen atoms in total. The lowest BCUT2D eigenvalue weighted by atomic mass is 10.1. The van der Waals surface area contributed by atoms with Crippen molar-refractivity contribution < 1.29 is 9.90 Å². The number of carbonyl (C=O) groups is 1. The number of hydrogen-bond acceptors (Lipinski definition) is 2. The number of nitrogens with zero attached hydrogens (tertiary/aromatic N) is 2. The molecule has 16 heavy (non-hydrogen) atoms. The van der Waals surface area contributed by atoms with E-state index in [0.29, 0.717) is 5.69 Å². The molecule has 2 rings (SSSR count). The van der Waals surface area contributed by atoms with E-state index >= 15 is 0 Å². The molecule has 0 aliphatic heterocycles. The van der Waals surface area contributed by atoms with Gasteiger partial charge in [0.1, 0.15) is 5.56 Å². The van der Waals surface area contributed by atoms with E-state index in [9.17, 15) is 4.79 Å². The summed E-state index contributed by atoms with van der Waals surface area (Å²) in [4.78, 5) is 11.0. The summed E-state index contributed by atoms with van der Waals surface area (Å²) in [6.45, 7) is 0. The Morgan fingerprint density at radius 3 is 2.56 bits per heavy atom. The fourth-order valence-electron chi connectivity index (χ4n) is 1.54. The van der Waals surface area contributed by atoms with Crippen molar-refractivity contribution in [2.24, 2.45) is 7.05 Å². The van der Waals surface area contributed by atoms with Crippen molar-refractivity contribution in [3.05, 3.63) is 40.5 Å². The molecule has 0 spiro atoms. The SMILES string of the molecule is Cn1ncc(C(=O)O)c1-c1ccc(Br)cc1. The van der Waals surface area contributed by atoms with E-state index in [1.165, 1.54) is 6.20 Å². The van der Waals surface area contributed by atoms with E-state index in [0.717, 1.165) is 10.0 Å². The van der Waals surface area contributed by atoms with E-state index < -0.39 is 5.97 Å². The number of hydrogen-bond donors (Lipinski definition) is 1. The molecule has 0 atom stereocenters. The first-order valence-corrected chi connectivity index (χ1v) is 5.40. The zero-order valence-corrected chi connectivity index (χ0v) is 10.1. The molecule has 1 aromatic carbocycles. The van der Waals surface area contributed by atoms with Crippen LogP contribution in [0.15, 0.2) is 34.9 Å². The molecule has 0 unspecified atom stereocenters. The zero-order valence-electron chi connectivity index (χ0n) is 8.51. The number of aryl methyl sites for hydroxylation is 1. The maximum atomic E-state index is 11.0. The molecule has 0 radical (unpaired) electrons. The van der Waals surface area contributed by atoms with Crippen molar-refractivity contribution in [2.45, 2.75) is 0 Å². The highest BCUT2D eigenvalue weighted by atomic mass is 79.9. The smallest absolute Gasteiger partial charge is 0.339 e. The minimum Gasteiger partial charge on any atom is -0.478 e. The molecular formula is C11H9BrN2O2. The molecule has 0 aliphatic carbocycles. The van der Waals surface area contributed by atoms with Gasteiger partial charge in [-0.25, -0.2) is 4.79 Å². The van der Waals surface area contributed by atoms with Crippen LogP contribution in [0.4, 0.5) is 0 Å². The number of carboxylic acids is 1. The lowest BCUT2D eigenvalue weighted by Crippen LogP contribution is -2.00. The Morgan fingerprint density at radius 2 is 2.00 bits per heavy atom. The molecule has 1 heterocycles. The van der Waals surface area contributed by atoms with Gasteiger partial charge in [0.05, 0.1) is 11.9 Å². The third-order valence-corrected chi connectivity index (χ3v) is 2.82. The van der Waals surface area contributed by atoms with Crippen LogP contribution < -0.4 is 0 Å². The number of halogens is 1. The Hall–Kier alpha value is -1.62. The van der Waals surface area contributed by atoms with Gasteiger partial charge in [-0.15, -0.1) is 0 Å². The van der Waals surface area contributed by atoms with E-state index in [-0.39, 0.29) is 5.56 Å². The highest BCUT2D eigenvalue weighted by molar-refractivity contribution is 9.10. The van der Waals surface area contributed by atoms with Crippen LogP contribution in [0.1, 0.15) is 10.4 Å². The van der Waals surface area contributed by atoms with Crippen molar-refractivity contribution in [3.8, 4) is 11.3 Å². The maximum Gasteiger partial charge on any atom is 0.339 e. The van der Waals surface area contributed by atoms with Crippen molar-refractivity contribution in [3.63, 3.8) is 0 Å². The summed E-state index contributed by atoms with van der Waals surface area (Å²) in [7, 11) is 1.73. The summed E-state index contributed by atoms with van der Waals surface area (Å²) in [6, 6.07) is 7.45. The molecule has 0 fully saturated rings. The summed E-state index contributed by atoms with van der Waals surface area (Å²) in [6.07, 6.45) is 1.36. The van der Waals surface area contributed by atoms with Crippen LogP contribution in [0.25, 0.3) is 11.3 Å². The average molecular weight is 281 g/mol. The Bertz CT molecular complexity index is 531. The number of benzene rings is 1. The topological polar surface area (TPSA) is 55.1 Å². The van der Waals surface area contributed by atoms with Crippen LogP contribution in [-0.4, -0.2) is 20.9 Å². The van der Waals surface area contributed by atoms with Crippen LogP contribution >= 0.6 is 15.9 Å². The van der Waals surface area contributed by atoms with Crippen molar-refractivity contribution in [1.82, 2.24) is 9.78 Å². The fraction of sp³-hybridized carbons (Fsp3) is 0.0909. The largest absolute Gasteiger partial charge is 0.478 e. The molecule has 1 aromatic heterocycles. The molecule has 0 saturated carbocycles. The van der Waals surface area contributed by atoms with Crippen molar-refractivity contribution >= 4 is 21.9 Å². The van der Waals surface area contributed by atoms with Crippen LogP contribution in [0.2, 0.25) is 0 Å². The standard InChI is InChI=1S/C11H9BrN2O2/c1-14-10(9(6-13-14)11(15)16)7-2-4-8(12)5-3-7/h2-6H,1H3,(H,15,16). The predicted octanol–water partition coefficient (Wildman–Crippen LogP) is 2.55. The Morgan fingerprint density at radius 1 is 1.38 bits per heavy atom. The van der Waals surface area contributed by atoms with Crippen LogP contribution in [0, 0.1) is 0 Å². The van der Waals surface area contributed by atoms with Gasteiger partial charge in [-0.2, -0.15) is 5.10 Å². The van der Waals surface area contributed by atoms with E-state index in [2.05, 4.69) is 21.0 Å². The molecule has 2 aromatic rings. The van der Waals surface area contributed by atoms with Gasteiger partial charge in [0.25, 0.3) is 0 Å². The summed E-state index contributed by atoms with van der Waals surface area (Å²) in [5, 5.41) is 13.0. The number of aromatic carboxylic acids is 1. The molecule has 82 valence electrons. The Kier molecular flexibility index (Phi) is 2.78. The number of carboxylic acid groups (broad SMARTS) is 1. The summed E-state index contributed by atoms with van der Waals surface area (Å²) >= 11 is 3.34. The van der Waals surface area contributed by atoms with Crippen LogP contribution in [0.5, 0.6) is 0 Å². The van der Waals surface area contributed by atoms with Crippen molar-refractivity contribution in [2.75, 3.05) is 0 Å². The first-order chi connectivity index (χ1) is 7.59. The number of aromatic nitrogens is 2. The summed E-state index contributed by atoms with van der Waals surface area (Å²) < 4.78 is 2.52. The number of rotatable bonds is 2. The van der Waals surface area contributed by atoms with Crippen LogP contribution in [-0.2, 0) is 7.05 Å². The third-order valence-electron chi connectivity index (χ3n) is 2.29. The van der Waals surface area contributed by atoms with Gasteiger partial charge in [-0.1, -0.05) is 28.1 Å². The Labute approximate surface area is 101 Å². The summed E-state index contributed by atoms with van der Waals surface area (Å²) in [5.74, 6) is -0.967. The molecule has 0 aliphatic rings. The third kappa shape index (κ3) is 1.86. The maximum absolute atomic E-state index is 11.0. The van der Waals surface area contributed by atoms with Crippen LogP contribution in [0.3, 0.4) is 0 Å². The molecule has 0 amide bonds. The Balaban J connectivity index is 2.58. The second-order valence-electron chi connectivity index (χ2n) is 3.34. The average Bonchev–Trinajstić information content (AvgIpc) is 2.62. The van der Waals surface area contributed by atoms with Gasteiger partial charge < -0.3 is 5.11 Å². The van der Waals surface area contributed by atoms with Gasteiger partial charge >= 0.3 is 5.97 Å². The monoisotopic (exact) mass is 280 g/mol. The van der Waals surface area contributed by atoms with Gasteiger partial charge in [0, 0.05) is 17.1 Å². The quantitative estimate of drug-likeness (QED) is 0.920. The predicted molar refractivity (Wildman–Crippen MR) is 63.3 cm³/mol. The molecule has 5 heteroatoms. The van der Waals surface area contributed by atoms with Crippen molar-refractivity contribution in [1.29, 1.82) is 0 Å². The van der Waals surface area contributed by atoms with E-state index in [4.69, 9.17) is 5.11 Å². The summed E-state index contributed by atoms with van der Waals surface area (Å²) in [5.41, 5.74) is 1.66. The van der Waals surface area contributed by atoms with E-state index in [1.54, 1.807) is 11.7 Å². The molecule has 0 saturated heterocycles. The fourth-order valence-corrected chi connectivity index (χ4v) is 1.81. The van der Waals surface area contributed by atoms with E-state index in [1.807, 2.05) is 24.3 Å². The second kappa shape index (κ2) is 4.09. The molecule has 0 bridgehead atoms. The first kappa shape index (κ1) is 10.9. The molecule has 1 N–H and O–H groups in total. The lowest BCUT2D eigenvalue weighted by Gasteiger charge is -2.04. The minimum atomic E-state index is -0.967. The highest BCUT2D eigenvalue weighted by Crippen LogP contribution is 2.24. The normalized spacial score (nSPS) is 10.4. The highest BCUT2D eigenvalue weighted by Gasteiger charge is 2.16. The van der Waals surface area contributed by atoms with Gasteiger partial charge in [-0.05, 0) is 12.1 Å². The zero-order chi connectivity index (χ0) is 11.7. The second-order valence-corrected chi connectivity index (χ2v) is 4.26. The van der Waals surface area contributed by atoms with Gasteiger partial charge in [0.2, 0.25) is 0 Å².